The number of benzene rings is 1. The number of nitrogens with one attached hydrogen (secondary N) is 1. The van der Waals surface area contributed by atoms with Crippen molar-refractivity contribution in [1.82, 2.24) is 0 Å². The van der Waals surface area contributed by atoms with E-state index in [1.54, 1.807) is 0 Å². The van der Waals surface area contributed by atoms with Crippen LogP contribution in [-0.4, -0.2) is 36.9 Å². The molecular formula is C15H18N2O5S2. The van der Waals surface area contributed by atoms with Crippen LogP contribution in [0.1, 0.15) is 19.8 Å². The molecule has 1 aliphatic carbocycles. The van der Waals surface area contributed by atoms with Crippen molar-refractivity contribution in [2.45, 2.75) is 35.5 Å². The molecule has 3 rings (SSSR count). The summed E-state index contributed by atoms with van der Waals surface area (Å²) in [5, 5.41) is 7.75. The van der Waals surface area contributed by atoms with Crippen LogP contribution in [0.3, 0.4) is 0 Å². The quantitative estimate of drug-likeness (QED) is 0.802. The predicted octanol–water partition coefficient (Wildman–Crippen LogP) is 1.10. The van der Waals surface area contributed by atoms with Crippen molar-refractivity contribution >= 4 is 38.5 Å². The van der Waals surface area contributed by atoms with Gasteiger partial charge >= 0.3 is 0 Å². The van der Waals surface area contributed by atoms with Crippen LogP contribution in [0.25, 0.3) is 0 Å². The first-order valence-electron chi connectivity index (χ1n) is 7.47. The molecule has 1 saturated heterocycles. The second kappa shape index (κ2) is 6.14. The lowest BCUT2D eigenvalue weighted by atomic mass is 10.1. The summed E-state index contributed by atoms with van der Waals surface area (Å²) in [6.45, 7) is 1.93. The maximum absolute atomic E-state index is 12.0. The third-order valence-electron chi connectivity index (χ3n) is 4.38. The van der Waals surface area contributed by atoms with E-state index in [1.165, 1.54) is 36.0 Å². The number of primary sulfonamides is 1. The van der Waals surface area contributed by atoms with Crippen LogP contribution in [0.5, 0.6) is 0 Å². The minimum atomic E-state index is -3.76. The zero-order chi connectivity index (χ0) is 17.5. The maximum Gasteiger partial charge on any atom is 0.250 e. The van der Waals surface area contributed by atoms with E-state index < -0.39 is 10.0 Å². The number of thioether (sulfide) groups is 1. The Morgan fingerprint density at radius 3 is 2.58 bits per heavy atom. The number of ether oxygens (including phenoxy) is 1. The van der Waals surface area contributed by atoms with Crippen molar-refractivity contribution in [1.29, 1.82) is 0 Å². The van der Waals surface area contributed by atoms with Gasteiger partial charge in [0.15, 0.2) is 5.12 Å². The van der Waals surface area contributed by atoms with Crippen LogP contribution in [0, 0.1) is 5.92 Å². The number of amides is 1. The lowest BCUT2D eigenvalue weighted by Gasteiger charge is -2.18. The fraction of sp³-hybridized carbons (Fsp3) is 0.467. The molecule has 130 valence electrons. The van der Waals surface area contributed by atoms with Crippen molar-refractivity contribution in [3.63, 3.8) is 0 Å². The predicted molar refractivity (Wildman–Crippen MR) is 89.9 cm³/mol. The van der Waals surface area contributed by atoms with Crippen LogP contribution in [-0.2, 0) is 24.3 Å². The number of sulfonamides is 1. The lowest BCUT2D eigenvalue weighted by molar-refractivity contribution is -0.124. The van der Waals surface area contributed by atoms with Gasteiger partial charge in [-0.15, -0.1) is 0 Å². The molecule has 3 N–H and O–H groups in total. The van der Waals surface area contributed by atoms with E-state index in [0.29, 0.717) is 18.0 Å². The topological polar surface area (TPSA) is 116 Å². The molecule has 1 aromatic rings. The Labute approximate surface area is 144 Å². The van der Waals surface area contributed by atoms with Gasteiger partial charge in [-0.25, -0.2) is 13.6 Å². The fourth-order valence-corrected chi connectivity index (χ4v) is 4.95. The Hall–Kier alpha value is -1.42. The minimum absolute atomic E-state index is 0.0251. The van der Waals surface area contributed by atoms with Gasteiger partial charge in [0.2, 0.25) is 15.9 Å². The number of hydrogen-bond acceptors (Lipinski definition) is 6. The van der Waals surface area contributed by atoms with Crippen LogP contribution >= 0.6 is 11.8 Å². The average molecular weight is 370 g/mol. The molecule has 1 aromatic carbocycles. The lowest BCUT2D eigenvalue weighted by Crippen LogP contribution is -2.29. The van der Waals surface area contributed by atoms with E-state index in [4.69, 9.17) is 9.88 Å². The summed E-state index contributed by atoms with van der Waals surface area (Å²) in [6, 6.07) is 5.55. The summed E-state index contributed by atoms with van der Waals surface area (Å²) in [7, 11) is -3.76. The van der Waals surface area contributed by atoms with E-state index in [9.17, 15) is 18.0 Å². The van der Waals surface area contributed by atoms with Crippen molar-refractivity contribution in [2.75, 3.05) is 11.9 Å². The van der Waals surface area contributed by atoms with Crippen LogP contribution < -0.4 is 10.5 Å². The minimum Gasteiger partial charge on any atom is -0.366 e. The van der Waals surface area contributed by atoms with E-state index in [1.807, 2.05) is 0 Å². The first kappa shape index (κ1) is 17.4. The smallest absolute Gasteiger partial charge is 0.250 e. The molecule has 9 heteroatoms. The van der Waals surface area contributed by atoms with Gasteiger partial charge in [-0.05, 0) is 36.6 Å². The first-order valence-corrected chi connectivity index (χ1v) is 9.83. The summed E-state index contributed by atoms with van der Waals surface area (Å²) >= 11 is 1.35. The summed E-state index contributed by atoms with van der Waals surface area (Å²) < 4.78 is 27.9. The zero-order valence-corrected chi connectivity index (χ0v) is 14.7. The number of nitrogens with two attached hydrogens (primary N) is 1. The van der Waals surface area contributed by atoms with Gasteiger partial charge in [0.05, 0.1) is 15.7 Å². The highest BCUT2D eigenvalue weighted by atomic mass is 32.2. The van der Waals surface area contributed by atoms with Crippen molar-refractivity contribution < 1.29 is 22.7 Å². The number of rotatable bonds is 5. The van der Waals surface area contributed by atoms with Crippen LogP contribution in [0.2, 0.25) is 0 Å². The van der Waals surface area contributed by atoms with E-state index >= 15 is 0 Å². The SMILES string of the molecule is C[C@H]1C[C@@]12SC(=O)CC2OCC(=O)Nc1ccc(S(N)(=O)=O)cc1. The Kier molecular flexibility index (Phi) is 4.45. The second-order valence-corrected chi connectivity index (χ2v) is 9.14. The molecule has 1 spiro atoms. The summed E-state index contributed by atoms with van der Waals surface area (Å²) in [4.78, 5) is 23.6. The van der Waals surface area contributed by atoms with Gasteiger partial charge in [0.1, 0.15) is 6.61 Å². The monoisotopic (exact) mass is 370 g/mol. The Balaban J connectivity index is 1.54. The number of anilines is 1. The molecule has 2 fully saturated rings. The molecule has 1 amide bonds. The summed E-state index contributed by atoms with van der Waals surface area (Å²) in [6.07, 6.45) is 1.05. The van der Waals surface area contributed by atoms with Crippen molar-refractivity contribution in [2.24, 2.45) is 11.1 Å². The molecule has 1 heterocycles. The summed E-state index contributed by atoms with van der Waals surface area (Å²) in [5.41, 5.74) is 0.447. The molecule has 1 saturated carbocycles. The first-order chi connectivity index (χ1) is 11.2. The zero-order valence-electron chi connectivity index (χ0n) is 13.0. The number of carbonyl (C=O) groups excluding carboxylic acids is 2. The standard InChI is InChI=1S/C15H18N2O5S2/c1-9-7-15(9)12(6-14(19)23-15)22-8-13(18)17-10-2-4-11(5-3-10)24(16,20)21/h2-5,9,12H,6-8H2,1H3,(H,17,18)(H2,16,20,21)/t9-,12?,15+/m0/s1. The molecule has 24 heavy (non-hydrogen) atoms. The van der Waals surface area contributed by atoms with Crippen molar-refractivity contribution in [3.8, 4) is 0 Å². The molecule has 1 aliphatic heterocycles. The molecule has 0 radical (unpaired) electrons. The fourth-order valence-electron chi connectivity index (χ4n) is 2.96. The van der Waals surface area contributed by atoms with Gasteiger partial charge in [0.25, 0.3) is 0 Å². The number of carbonyl (C=O) groups is 2. The van der Waals surface area contributed by atoms with Gasteiger partial charge < -0.3 is 10.1 Å². The van der Waals surface area contributed by atoms with Gasteiger partial charge in [0, 0.05) is 12.1 Å². The molecule has 7 nitrogen and oxygen atoms in total. The normalized spacial score (nSPS) is 29.0. The highest BCUT2D eigenvalue weighted by Crippen LogP contribution is 2.62. The van der Waals surface area contributed by atoms with Gasteiger partial charge in [-0.2, -0.15) is 0 Å². The van der Waals surface area contributed by atoms with Gasteiger partial charge in [-0.3, -0.25) is 9.59 Å². The highest BCUT2D eigenvalue weighted by Gasteiger charge is 2.63. The average Bonchev–Trinajstić information content (AvgIpc) is 3.00. The molecule has 3 atom stereocenters. The Bertz CT molecular complexity index is 778. The molecule has 0 bridgehead atoms. The maximum atomic E-state index is 12.0. The Morgan fingerprint density at radius 1 is 1.42 bits per heavy atom. The van der Waals surface area contributed by atoms with Crippen LogP contribution in [0.15, 0.2) is 29.2 Å². The van der Waals surface area contributed by atoms with Crippen molar-refractivity contribution in [3.05, 3.63) is 24.3 Å². The van der Waals surface area contributed by atoms with E-state index in [0.717, 1.165) is 6.42 Å². The van der Waals surface area contributed by atoms with E-state index in [2.05, 4.69) is 12.2 Å². The molecule has 2 aliphatic rings. The molecule has 1 unspecified atom stereocenters. The second-order valence-electron chi connectivity index (χ2n) is 6.16. The largest absolute Gasteiger partial charge is 0.366 e. The van der Waals surface area contributed by atoms with Gasteiger partial charge in [-0.1, -0.05) is 18.7 Å². The molecular weight excluding hydrogens is 352 g/mol. The van der Waals surface area contributed by atoms with Crippen LogP contribution in [0.4, 0.5) is 5.69 Å². The van der Waals surface area contributed by atoms with E-state index in [-0.39, 0.29) is 33.4 Å². The number of hydrogen-bond donors (Lipinski definition) is 2. The third kappa shape index (κ3) is 3.49. The Morgan fingerprint density at radius 2 is 2.04 bits per heavy atom. The molecule has 0 aromatic heterocycles. The third-order valence-corrected chi connectivity index (χ3v) is 6.92. The summed E-state index contributed by atoms with van der Waals surface area (Å²) in [5.74, 6) is 0.0684. The highest BCUT2D eigenvalue weighted by molar-refractivity contribution is 8.15.